The van der Waals surface area contributed by atoms with Crippen LogP contribution in [0.2, 0.25) is 0 Å². The molecule has 0 aliphatic carbocycles. The fourth-order valence-electron chi connectivity index (χ4n) is 1.67. The van der Waals surface area contributed by atoms with Crippen molar-refractivity contribution in [1.82, 2.24) is 0 Å². The molecule has 0 heterocycles. The van der Waals surface area contributed by atoms with E-state index in [9.17, 15) is 9.59 Å². The second-order valence-electron chi connectivity index (χ2n) is 5.21. The predicted octanol–water partition coefficient (Wildman–Crippen LogP) is 2.20. The third kappa shape index (κ3) is 3.62. The van der Waals surface area contributed by atoms with E-state index in [0.29, 0.717) is 15.6 Å². The van der Waals surface area contributed by atoms with Crippen molar-refractivity contribution in [3.8, 4) is 0 Å². The van der Waals surface area contributed by atoms with Gasteiger partial charge in [-0.25, -0.2) is 0 Å². The van der Waals surface area contributed by atoms with E-state index in [1.807, 2.05) is 20.8 Å². The van der Waals surface area contributed by atoms with Crippen LogP contribution in [0.4, 0.5) is 0 Å². The molecule has 0 atom stereocenters. The van der Waals surface area contributed by atoms with E-state index in [0.717, 1.165) is 5.56 Å². The van der Waals surface area contributed by atoms with Gasteiger partial charge in [-0.1, -0.05) is 0 Å². The summed E-state index contributed by atoms with van der Waals surface area (Å²) >= 11 is 3.16. The van der Waals surface area contributed by atoms with Crippen LogP contribution in [0.15, 0.2) is 12.1 Å². The van der Waals surface area contributed by atoms with Crippen molar-refractivity contribution in [3.63, 3.8) is 0 Å². The van der Waals surface area contributed by atoms with E-state index in [2.05, 4.69) is 14.1 Å². The first-order chi connectivity index (χ1) is 9.26. The van der Waals surface area contributed by atoms with Crippen molar-refractivity contribution in [3.05, 3.63) is 28.8 Å². The molecule has 0 amide bonds. The maximum absolute atomic E-state index is 12.0. The number of hydrogen-bond acceptors (Lipinski definition) is 4. The van der Waals surface area contributed by atoms with E-state index in [-0.39, 0.29) is 18.6 Å². The zero-order valence-corrected chi connectivity index (χ0v) is 15.4. The van der Waals surface area contributed by atoms with Crippen LogP contribution < -0.4 is 4.46 Å². The number of carbonyl (C=O) groups excluding carboxylic acids is 2. The van der Waals surface area contributed by atoms with Gasteiger partial charge in [0.25, 0.3) is 0 Å². The minimum atomic E-state index is -0.447. The Labute approximate surface area is 132 Å². The van der Waals surface area contributed by atoms with Gasteiger partial charge >= 0.3 is 132 Å². The normalized spacial score (nSPS) is 11.1. The maximum atomic E-state index is 12.0. The third-order valence-electron chi connectivity index (χ3n) is 2.84. The number of rotatable bonds is 3. The number of esters is 2. The Kier molecular flexibility index (Phi) is 5.80. The quantitative estimate of drug-likeness (QED) is 0.569. The second kappa shape index (κ2) is 6.74. The SMILES string of the molecule is COC(=O)c1cc(C(C)(C)C)cc(C(=O)OC)c1[Se]Br. The number of hydrogen-bond donors (Lipinski definition) is 0. The zero-order valence-electron chi connectivity index (χ0n) is 12.1. The van der Waals surface area contributed by atoms with Gasteiger partial charge < -0.3 is 0 Å². The summed E-state index contributed by atoms with van der Waals surface area (Å²) in [5, 5.41) is 0. The van der Waals surface area contributed by atoms with Gasteiger partial charge in [0, 0.05) is 0 Å². The molecule has 1 aromatic rings. The molecule has 0 radical (unpaired) electrons. The van der Waals surface area contributed by atoms with Crippen molar-refractivity contribution < 1.29 is 19.1 Å². The molecular weight excluding hydrogens is 391 g/mol. The molecule has 20 heavy (non-hydrogen) atoms. The second-order valence-corrected chi connectivity index (χ2v) is 8.07. The summed E-state index contributed by atoms with van der Waals surface area (Å²) in [5.74, 6) is -0.893. The average molecular weight is 408 g/mol. The zero-order chi connectivity index (χ0) is 15.5. The van der Waals surface area contributed by atoms with Gasteiger partial charge in [0.05, 0.1) is 0 Å². The van der Waals surface area contributed by atoms with Crippen molar-refractivity contribution in [2.45, 2.75) is 26.2 Å². The Morgan fingerprint density at radius 1 is 1.05 bits per heavy atom. The van der Waals surface area contributed by atoms with Crippen LogP contribution in [0.25, 0.3) is 0 Å². The molecule has 0 aliphatic rings. The first kappa shape index (κ1) is 17.2. The molecule has 0 unspecified atom stereocenters. The van der Waals surface area contributed by atoms with Crippen LogP contribution in [-0.2, 0) is 14.9 Å². The predicted molar refractivity (Wildman–Crippen MR) is 82.1 cm³/mol. The van der Waals surface area contributed by atoms with Gasteiger partial charge in [0.2, 0.25) is 0 Å². The standard InChI is InChI=1S/C14H17BrO4Se/c1-14(2,3)8-6-9(12(16)18-4)11(20-15)10(7-8)13(17)19-5/h6-7H,1-5H3. The van der Waals surface area contributed by atoms with Crippen LogP contribution >= 0.6 is 14.1 Å². The van der Waals surface area contributed by atoms with Gasteiger partial charge in [-0.2, -0.15) is 0 Å². The number of halogens is 1. The Morgan fingerprint density at radius 2 is 1.45 bits per heavy atom. The molecule has 4 nitrogen and oxygen atoms in total. The molecule has 0 fully saturated rings. The first-order valence-electron chi connectivity index (χ1n) is 5.90. The topological polar surface area (TPSA) is 52.6 Å². The van der Waals surface area contributed by atoms with Gasteiger partial charge in [0.1, 0.15) is 0 Å². The molecule has 0 N–H and O–H groups in total. The summed E-state index contributed by atoms with van der Waals surface area (Å²) in [7, 11) is 2.66. The number of carbonyl (C=O) groups is 2. The van der Waals surface area contributed by atoms with E-state index >= 15 is 0 Å². The molecular formula is C14H17BrO4Se. The van der Waals surface area contributed by atoms with Crippen molar-refractivity contribution in [2.75, 3.05) is 14.2 Å². The number of methoxy groups -OCH3 is 2. The van der Waals surface area contributed by atoms with Crippen LogP contribution in [0, 0.1) is 0 Å². The van der Waals surface area contributed by atoms with E-state index < -0.39 is 11.9 Å². The average Bonchev–Trinajstić information content (AvgIpc) is 2.42. The molecule has 0 saturated carbocycles. The Morgan fingerprint density at radius 3 is 1.70 bits per heavy atom. The van der Waals surface area contributed by atoms with Crippen LogP contribution in [0.5, 0.6) is 0 Å². The summed E-state index contributed by atoms with van der Waals surface area (Å²) in [6.45, 7) is 6.05. The summed E-state index contributed by atoms with van der Waals surface area (Å²) in [5.41, 5.74) is 1.52. The minimum absolute atomic E-state index is 0.191. The molecule has 6 heteroatoms. The molecule has 0 aliphatic heterocycles. The monoisotopic (exact) mass is 408 g/mol. The molecule has 1 rings (SSSR count). The summed E-state index contributed by atoms with van der Waals surface area (Å²) in [6.07, 6.45) is 0. The molecule has 110 valence electrons. The number of ether oxygens (including phenoxy) is 2. The molecule has 1 aromatic carbocycles. The summed E-state index contributed by atoms with van der Waals surface area (Å²) < 4.78 is 10.3. The molecule has 0 aromatic heterocycles. The Hall–Kier alpha value is -0.841. The number of benzene rings is 1. The molecule has 0 saturated heterocycles. The van der Waals surface area contributed by atoms with Crippen LogP contribution in [0.3, 0.4) is 0 Å². The van der Waals surface area contributed by atoms with Crippen LogP contribution in [0.1, 0.15) is 47.1 Å². The third-order valence-corrected chi connectivity index (χ3v) is 5.77. The summed E-state index contributed by atoms with van der Waals surface area (Å²) in [6, 6.07) is 3.58. The van der Waals surface area contributed by atoms with Gasteiger partial charge in [0.15, 0.2) is 0 Å². The molecule has 0 spiro atoms. The summed E-state index contributed by atoms with van der Waals surface area (Å²) in [4.78, 5) is 23.9. The Bertz CT molecular complexity index is 497. The van der Waals surface area contributed by atoms with Gasteiger partial charge in [-0.05, 0) is 0 Å². The van der Waals surface area contributed by atoms with E-state index in [4.69, 9.17) is 9.47 Å². The fraction of sp³-hybridized carbons (Fsp3) is 0.429. The Balaban J connectivity index is 3.64. The van der Waals surface area contributed by atoms with E-state index in [1.165, 1.54) is 14.2 Å². The molecule has 0 bridgehead atoms. The first-order valence-corrected chi connectivity index (χ1v) is 10.8. The van der Waals surface area contributed by atoms with Crippen LogP contribution in [-0.4, -0.2) is 39.3 Å². The van der Waals surface area contributed by atoms with Crippen molar-refractivity contribution in [2.24, 2.45) is 0 Å². The van der Waals surface area contributed by atoms with Crippen molar-refractivity contribution >= 4 is 43.7 Å². The van der Waals surface area contributed by atoms with E-state index in [1.54, 1.807) is 12.1 Å². The van der Waals surface area contributed by atoms with Crippen molar-refractivity contribution in [1.29, 1.82) is 0 Å². The van der Waals surface area contributed by atoms with Gasteiger partial charge in [-0.3, -0.25) is 0 Å². The fourth-order valence-corrected chi connectivity index (χ4v) is 4.43. The van der Waals surface area contributed by atoms with Gasteiger partial charge in [-0.15, -0.1) is 0 Å².